The second kappa shape index (κ2) is 6.60. The van der Waals surface area contributed by atoms with Crippen LogP contribution in [0.1, 0.15) is 21.7 Å². The summed E-state index contributed by atoms with van der Waals surface area (Å²) in [7, 11) is 0. The molecule has 8 nitrogen and oxygen atoms in total. The molecule has 1 aromatic carbocycles. The molecule has 0 spiro atoms. The number of fused-ring (bicyclic) bond motifs is 1. The quantitative estimate of drug-likeness (QED) is 0.548. The lowest BCUT2D eigenvalue weighted by molar-refractivity contribution is -0.122. The molecule has 0 saturated heterocycles. The van der Waals surface area contributed by atoms with Gasteiger partial charge in [0.2, 0.25) is 0 Å². The molecule has 3 rings (SSSR count). The Morgan fingerprint density at radius 3 is 2.64 bits per heavy atom. The van der Waals surface area contributed by atoms with Crippen LogP contribution in [0.2, 0.25) is 0 Å². The number of carbonyl (C=O) groups excluding carboxylic acids is 2. The number of hydrogen-bond donors (Lipinski definition) is 2. The third-order valence-electron chi connectivity index (χ3n) is 3.60. The van der Waals surface area contributed by atoms with Gasteiger partial charge in [0.15, 0.2) is 0 Å². The van der Waals surface area contributed by atoms with Crippen molar-refractivity contribution >= 4 is 22.8 Å². The molecular weight excluding hydrogens is 324 g/mol. The number of hydrogen-bond acceptors (Lipinski definition) is 5. The van der Waals surface area contributed by atoms with Gasteiger partial charge in [-0.15, -0.1) is 0 Å². The minimum Gasteiger partial charge on any atom is -0.422 e. The predicted molar refractivity (Wildman–Crippen MR) is 89.8 cm³/mol. The van der Waals surface area contributed by atoms with Gasteiger partial charge in [-0.3, -0.25) is 25.1 Å². The summed E-state index contributed by atoms with van der Waals surface area (Å²) in [5.74, 6) is -1.22. The Kier molecular flexibility index (Phi) is 4.34. The molecule has 0 bridgehead atoms. The number of para-hydroxylation sites is 1. The molecule has 0 saturated carbocycles. The molecule has 0 unspecified atom stereocenters. The summed E-state index contributed by atoms with van der Waals surface area (Å²) >= 11 is 0. The van der Waals surface area contributed by atoms with Gasteiger partial charge in [0, 0.05) is 11.1 Å². The van der Waals surface area contributed by atoms with Crippen molar-refractivity contribution in [2.45, 2.75) is 20.4 Å². The highest BCUT2D eigenvalue weighted by Crippen LogP contribution is 2.12. The second-order valence-corrected chi connectivity index (χ2v) is 5.57. The highest BCUT2D eigenvalue weighted by molar-refractivity contribution is 5.97. The standard InChI is InChI=1S/C17H16N4O4/c1-10-7-11(2)21(20-10)9-15(22)18-19-16(23)13-8-12-5-3-4-6-14(12)25-17(13)24/h3-8H,9H2,1-2H3,(H,18,22)(H,19,23). The first-order valence-electron chi connectivity index (χ1n) is 7.57. The molecule has 0 aliphatic carbocycles. The lowest BCUT2D eigenvalue weighted by Crippen LogP contribution is -2.44. The van der Waals surface area contributed by atoms with Crippen LogP contribution >= 0.6 is 0 Å². The maximum Gasteiger partial charge on any atom is 0.349 e. The van der Waals surface area contributed by atoms with Gasteiger partial charge in [0.05, 0.1) is 5.69 Å². The van der Waals surface area contributed by atoms with Crippen molar-refractivity contribution in [3.05, 3.63) is 63.8 Å². The van der Waals surface area contributed by atoms with Gasteiger partial charge < -0.3 is 4.42 Å². The predicted octanol–water partition coefficient (Wildman–Crippen LogP) is 1.07. The Labute approximate surface area is 142 Å². The van der Waals surface area contributed by atoms with E-state index in [4.69, 9.17) is 4.42 Å². The first-order valence-corrected chi connectivity index (χ1v) is 7.57. The number of aromatic nitrogens is 2. The lowest BCUT2D eigenvalue weighted by atomic mass is 10.2. The van der Waals surface area contributed by atoms with Crippen molar-refractivity contribution in [3.8, 4) is 0 Å². The summed E-state index contributed by atoms with van der Waals surface area (Å²) in [5.41, 5.74) is 5.52. The van der Waals surface area contributed by atoms with E-state index in [1.165, 1.54) is 10.7 Å². The molecule has 2 heterocycles. The number of carbonyl (C=O) groups is 2. The molecule has 2 aromatic heterocycles. The maximum absolute atomic E-state index is 12.1. The van der Waals surface area contributed by atoms with Crippen LogP contribution in [0.4, 0.5) is 0 Å². The van der Waals surface area contributed by atoms with Crippen LogP contribution in [0, 0.1) is 13.8 Å². The normalized spacial score (nSPS) is 10.6. The van der Waals surface area contributed by atoms with E-state index < -0.39 is 17.4 Å². The number of aryl methyl sites for hydroxylation is 2. The summed E-state index contributed by atoms with van der Waals surface area (Å²) < 4.78 is 6.61. The highest BCUT2D eigenvalue weighted by Gasteiger charge is 2.15. The fourth-order valence-electron chi connectivity index (χ4n) is 2.42. The van der Waals surface area contributed by atoms with Gasteiger partial charge in [0.1, 0.15) is 17.7 Å². The number of benzene rings is 1. The molecule has 128 valence electrons. The van der Waals surface area contributed by atoms with E-state index >= 15 is 0 Å². The van der Waals surface area contributed by atoms with E-state index in [9.17, 15) is 14.4 Å². The summed E-state index contributed by atoms with van der Waals surface area (Å²) in [5, 5.41) is 4.77. The largest absolute Gasteiger partial charge is 0.422 e. The van der Waals surface area contributed by atoms with Crippen LogP contribution in [0.15, 0.2) is 45.6 Å². The van der Waals surface area contributed by atoms with Crippen molar-refractivity contribution in [2.24, 2.45) is 0 Å². The molecule has 2 N–H and O–H groups in total. The fraction of sp³-hybridized carbons (Fsp3) is 0.176. The molecule has 0 atom stereocenters. The lowest BCUT2D eigenvalue weighted by Gasteiger charge is -2.08. The maximum atomic E-state index is 12.1. The summed E-state index contributed by atoms with van der Waals surface area (Å²) in [6, 6.07) is 10.1. The zero-order valence-electron chi connectivity index (χ0n) is 13.7. The zero-order chi connectivity index (χ0) is 18.0. The monoisotopic (exact) mass is 340 g/mol. The zero-order valence-corrected chi connectivity index (χ0v) is 13.7. The van der Waals surface area contributed by atoms with Crippen LogP contribution in [0.3, 0.4) is 0 Å². The number of rotatable bonds is 3. The molecule has 3 aromatic rings. The third kappa shape index (κ3) is 3.57. The number of nitrogens with zero attached hydrogens (tertiary/aromatic N) is 2. The van der Waals surface area contributed by atoms with Gasteiger partial charge in [-0.05, 0) is 32.0 Å². The first-order chi connectivity index (χ1) is 11.9. The molecule has 0 aliphatic rings. The summed E-state index contributed by atoms with van der Waals surface area (Å²) in [6.45, 7) is 3.60. The van der Waals surface area contributed by atoms with Crippen LogP contribution in [-0.2, 0) is 11.3 Å². The first kappa shape index (κ1) is 16.4. The SMILES string of the molecule is Cc1cc(C)n(CC(=O)NNC(=O)c2cc3ccccc3oc2=O)n1. The van der Waals surface area contributed by atoms with Crippen LogP contribution < -0.4 is 16.5 Å². The summed E-state index contributed by atoms with van der Waals surface area (Å²) in [6.07, 6.45) is 0. The van der Waals surface area contributed by atoms with Crippen molar-refractivity contribution in [1.29, 1.82) is 0 Å². The average molecular weight is 340 g/mol. The Morgan fingerprint density at radius 2 is 1.92 bits per heavy atom. The molecular formula is C17H16N4O4. The Balaban J connectivity index is 1.68. The molecule has 0 radical (unpaired) electrons. The van der Waals surface area contributed by atoms with Crippen molar-refractivity contribution < 1.29 is 14.0 Å². The van der Waals surface area contributed by atoms with Gasteiger partial charge in [-0.2, -0.15) is 5.10 Å². The highest BCUT2D eigenvalue weighted by atomic mass is 16.4. The van der Waals surface area contributed by atoms with Gasteiger partial charge in [-0.25, -0.2) is 4.79 Å². The molecule has 8 heteroatoms. The number of hydrazine groups is 1. The van der Waals surface area contributed by atoms with E-state index in [1.807, 2.05) is 19.9 Å². The molecule has 25 heavy (non-hydrogen) atoms. The second-order valence-electron chi connectivity index (χ2n) is 5.57. The fourth-order valence-corrected chi connectivity index (χ4v) is 2.42. The topological polar surface area (TPSA) is 106 Å². The molecule has 2 amide bonds. The Morgan fingerprint density at radius 1 is 1.16 bits per heavy atom. The van der Waals surface area contributed by atoms with E-state index in [1.54, 1.807) is 24.3 Å². The smallest absolute Gasteiger partial charge is 0.349 e. The van der Waals surface area contributed by atoms with E-state index in [-0.39, 0.29) is 12.1 Å². The van der Waals surface area contributed by atoms with Gasteiger partial charge >= 0.3 is 5.63 Å². The number of amides is 2. The van der Waals surface area contributed by atoms with Gasteiger partial charge in [-0.1, -0.05) is 18.2 Å². The minimum absolute atomic E-state index is 0.0493. The van der Waals surface area contributed by atoms with E-state index in [0.29, 0.717) is 11.0 Å². The van der Waals surface area contributed by atoms with Crippen molar-refractivity contribution in [1.82, 2.24) is 20.6 Å². The molecule has 0 fully saturated rings. The summed E-state index contributed by atoms with van der Waals surface area (Å²) in [4.78, 5) is 36.0. The van der Waals surface area contributed by atoms with Crippen LogP contribution in [-0.4, -0.2) is 21.6 Å². The van der Waals surface area contributed by atoms with Gasteiger partial charge in [0.25, 0.3) is 11.8 Å². The molecule has 0 aliphatic heterocycles. The van der Waals surface area contributed by atoms with Crippen LogP contribution in [0.5, 0.6) is 0 Å². The average Bonchev–Trinajstić information content (AvgIpc) is 2.89. The van der Waals surface area contributed by atoms with E-state index in [2.05, 4.69) is 16.0 Å². The third-order valence-corrected chi connectivity index (χ3v) is 3.60. The Bertz CT molecular complexity index is 1020. The minimum atomic E-state index is -0.774. The number of nitrogens with one attached hydrogen (secondary N) is 2. The van der Waals surface area contributed by atoms with E-state index in [0.717, 1.165) is 11.4 Å². The van der Waals surface area contributed by atoms with Crippen LogP contribution in [0.25, 0.3) is 11.0 Å². The Hall–Kier alpha value is -3.42. The van der Waals surface area contributed by atoms with Crippen molar-refractivity contribution in [3.63, 3.8) is 0 Å². The van der Waals surface area contributed by atoms with Crippen molar-refractivity contribution in [2.75, 3.05) is 0 Å².